The zero-order valence-electron chi connectivity index (χ0n) is 7.98. The summed E-state index contributed by atoms with van der Waals surface area (Å²) in [5, 5.41) is 1.07. The average Bonchev–Trinajstić information content (AvgIpc) is 2.32. The maximum absolute atomic E-state index is 4.39. The molecule has 0 aliphatic heterocycles. The van der Waals surface area contributed by atoms with Gasteiger partial charge in [-0.1, -0.05) is 25.1 Å². The van der Waals surface area contributed by atoms with Gasteiger partial charge in [0.25, 0.3) is 0 Å². The van der Waals surface area contributed by atoms with E-state index in [0.717, 1.165) is 10.9 Å². The van der Waals surface area contributed by atoms with Crippen LogP contribution in [0.15, 0.2) is 5.16 Å². The number of aromatic nitrogens is 2. The molecule has 1 heterocycles. The maximum Gasteiger partial charge on any atom is 0.165 e. The molecular weight excluding hydrogens is 168 g/mol. The van der Waals surface area contributed by atoms with E-state index in [1.807, 2.05) is 18.7 Å². The van der Waals surface area contributed by atoms with Crippen LogP contribution in [0, 0.1) is 13.8 Å². The van der Waals surface area contributed by atoms with Gasteiger partial charge in [-0.15, -0.1) is 0 Å². The third-order valence-corrected chi connectivity index (χ3v) is 2.80. The van der Waals surface area contributed by atoms with Crippen LogP contribution < -0.4 is 0 Å². The standard InChI is InChI=1S/C9H16N2S/c1-4-5-6-12-9-10-7(2)8(3)11-9/h4-6H2,1-3H3,(H,10,11). The van der Waals surface area contributed by atoms with Crippen LogP contribution in [0.3, 0.4) is 0 Å². The van der Waals surface area contributed by atoms with Crippen molar-refractivity contribution < 1.29 is 0 Å². The highest BCUT2D eigenvalue weighted by Gasteiger charge is 2.01. The van der Waals surface area contributed by atoms with E-state index in [2.05, 4.69) is 23.8 Å². The molecule has 0 saturated carbocycles. The highest BCUT2D eigenvalue weighted by molar-refractivity contribution is 7.99. The molecule has 1 rings (SSSR count). The molecule has 0 spiro atoms. The first-order chi connectivity index (χ1) is 5.74. The number of aromatic amines is 1. The van der Waals surface area contributed by atoms with E-state index < -0.39 is 0 Å². The fraction of sp³-hybridized carbons (Fsp3) is 0.667. The number of thioether (sulfide) groups is 1. The molecule has 0 aliphatic carbocycles. The topological polar surface area (TPSA) is 28.7 Å². The molecule has 2 nitrogen and oxygen atoms in total. The van der Waals surface area contributed by atoms with Crippen LogP contribution in [0.5, 0.6) is 0 Å². The number of rotatable bonds is 4. The Kier molecular flexibility index (Phi) is 3.66. The van der Waals surface area contributed by atoms with Gasteiger partial charge in [0.05, 0.1) is 5.69 Å². The number of nitrogens with zero attached hydrogens (tertiary/aromatic N) is 1. The summed E-state index contributed by atoms with van der Waals surface area (Å²) in [5.74, 6) is 1.17. The smallest absolute Gasteiger partial charge is 0.165 e. The van der Waals surface area contributed by atoms with Gasteiger partial charge in [0.2, 0.25) is 0 Å². The number of hydrogen-bond acceptors (Lipinski definition) is 2. The Bertz CT molecular complexity index is 223. The van der Waals surface area contributed by atoms with E-state index in [0.29, 0.717) is 0 Å². The van der Waals surface area contributed by atoms with E-state index in [-0.39, 0.29) is 0 Å². The molecule has 0 atom stereocenters. The van der Waals surface area contributed by atoms with Crippen molar-refractivity contribution in [1.29, 1.82) is 0 Å². The molecule has 0 saturated heterocycles. The molecule has 12 heavy (non-hydrogen) atoms. The average molecular weight is 184 g/mol. The number of imidazole rings is 1. The minimum absolute atomic E-state index is 1.07. The van der Waals surface area contributed by atoms with Crippen molar-refractivity contribution >= 4 is 11.8 Å². The van der Waals surface area contributed by atoms with E-state index in [1.165, 1.54) is 24.3 Å². The van der Waals surface area contributed by atoms with Gasteiger partial charge in [-0.2, -0.15) is 0 Å². The summed E-state index contributed by atoms with van der Waals surface area (Å²) < 4.78 is 0. The summed E-state index contributed by atoms with van der Waals surface area (Å²) in [7, 11) is 0. The second kappa shape index (κ2) is 4.55. The van der Waals surface area contributed by atoms with Gasteiger partial charge in [-0.05, 0) is 20.3 Å². The lowest BCUT2D eigenvalue weighted by atomic mass is 10.4. The second-order valence-electron chi connectivity index (χ2n) is 2.95. The third kappa shape index (κ3) is 2.55. The number of unbranched alkanes of at least 4 members (excludes halogenated alkanes) is 1. The molecule has 0 radical (unpaired) electrons. The Morgan fingerprint density at radius 1 is 1.42 bits per heavy atom. The van der Waals surface area contributed by atoms with E-state index in [1.54, 1.807) is 0 Å². The van der Waals surface area contributed by atoms with Crippen LogP contribution >= 0.6 is 11.8 Å². The predicted octanol–water partition coefficient (Wildman–Crippen LogP) is 2.92. The van der Waals surface area contributed by atoms with Gasteiger partial charge < -0.3 is 4.98 Å². The van der Waals surface area contributed by atoms with Gasteiger partial charge in [0.15, 0.2) is 5.16 Å². The second-order valence-corrected chi connectivity index (χ2v) is 4.04. The molecule has 1 N–H and O–H groups in total. The Hall–Kier alpha value is -0.440. The molecule has 1 aromatic heterocycles. The minimum atomic E-state index is 1.07. The number of aryl methyl sites for hydroxylation is 2. The monoisotopic (exact) mass is 184 g/mol. The van der Waals surface area contributed by atoms with E-state index in [4.69, 9.17) is 0 Å². The molecule has 3 heteroatoms. The van der Waals surface area contributed by atoms with Crippen LogP contribution in [0.1, 0.15) is 31.2 Å². The summed E-state index contributed by atoms with van der Waals surface area (Å²) >= 11 is 1.81. The Balaban J connectivity index is 2.42. The third-order valence-electron chi connectivity index (χ3n) is 1.84. The van der Waals surface area contributed by atoms with Gasteiger partial charge >= 0.3 is 0 Å². The normalized spacial score (nSPS) is 10.6. The predicted molar refractivity (Wildman–Crippen MR) is 53.7 cm³/mol. The zero-order chi connectivity index (χ0) is 8.97. The number of H-pyrrole nitrogens is 1. The number of hydrogen-bond donors (Lipinski definition) is 1. The summed E-state index contributed by atoms with van der Waals surface area (Å²) in [6.07, 6.45) is 2.52. The lowest BCUT2D eigenvalue weighted by molar-refractivity contribution is 0.892. The summed E-state index contributed by atoms with van der Waals surface area (Å²) in [5.41, 5.74) is 2.31. The summed E-state index contributed by atoms with van der Waals surface area (Å²) in [6.45, 7) is 6.31. The zero-order valence-corrected chi connectivity index (χ0v) is 8.79. The first-order valence-corrected chi connectivity index (χ1v) is 5.38. The van der Waals surface area contributed by atoms with Gasteiger partial charge in [0, 0.05) is 11.4 Å². The van der Waals surface area contributed by atoms with Crippen molar-refractivity contribution in [1.82, 2.24) is 9.97 Å². The van der Waals surface area contributed by atoms with Crippen molar-refractivity contribution in [2.75, 3.05) is 5.75 Å². The summed E-state index contributed by atoms with van der Waals surface area (Å²) in [6, 6.07) is 0. The molecule has 0 aliphatic rings. The molecular formula is C9H16N2S. The van der Waals surface area contributed by atoms with Crippen molar-refractivity contribution in [3.05, 3.63) is 11.4 Å². The van der Waals surface area contributed by atoms with Crippen LogP contribution in [-0.2, 0) is 0 Å². The SMILES string of the molecule is CCCCSc1nc(C)c(C)[nH]1. The van der Waals surface area contributed by atoms with Gasteiger partial charge in [-0.3, -0.25) is 0 Å². The lowest BCUT2D eigenvalue weighted by Crippen LogP contribution is -1.80. The van der Waals surface area contributed by atoms with Crippen molar-refractivity contribution in [3.8, 4) is 0 Å². The van der Waals surface area contributed by atoms with E-state index in [9.17, 15) is 0 Å². The van der Waals surface area contributed by atoms with Crippen molar-refractivity contribution in [3.63, 3.8) is 0 Å². The molecule has 0 bridgehead atoms. The minimum Gasteiger partial charge on any atom is -0.337 e. The summed E-state index contributed by atoms with van der Waals surface area (Å²) in [4.78, 5) is 7.64. The highest BCUT2D eigenvalue weighted by atomic mass is 32.2. The van der Waals surface area contributed by atoms with Gasteiger partial charge in [-0.25, -0.2) is 4.98 Å². The Morgan fingerprint density at radius 2 is 2.17 bits per heavy atom. The largest absolute Gasteiger partial charge is 0.337 e. The van der Waals surface area contributed by atoms with Crippen molar-refractivity contribution in [2.45, 2.75) is 38.8 Å². The van der Waals surface area contributed by atoms with Crippen molar-refractivity contribution in [2.24, 2.45) is 0 Å². The fourth-order valence-corrected chi connectivity index (χ4v) is 1.95. The molecule has 0 fully saturated rings. The first-order valence-electron chi connectivity index (χ1n) is 4.40. The Morgan fingerprint density at radius 3 is 2.67 bits per heavy atom. The highest BCUT2D eigenvalue weighted by Crippen LogP contribution is 2.17. The molecule has 68 valence electrons. The first kappa shape index (κ1) is 9.65. The van der Waals surface area contributed by atoms with Crippen LogP contribution in [0.2, 0.25) is 0 Å². The van der Waals surface area contributed by atoms with Crippen LogP contribution in [-0.4, -0.2) is 15.7 Å². The van der Waals surface area contributed by atoms with Crippen LogP contribution in [0.4, 0.5) is 0 Å². The van der Waals surface area contributed by atoms with Crippen LogP contribution in [0.25, 0.3) is 0 Å². The maximum atomic E-state index is 4.39. The molecule has 0 aromatic carbocycles. The molecule has 0 amide bonds. The molecule has 0 unspecified atom stereocenters. The fourth-order valence-electron chi connectivity index (χ4n) is 0.897. The number of nitrogens with one attached hydrogen (secondary N) is 1. The quantitative estimate of drug-likeness (QED) is 0.575. The van der Waals surface area contributed by atoms with Gasteiger partial charge in [0.1, 0.15) is 0 Å². The molecule has 1 aromatic rings. The lowest BCUT2D eigenvalue weighted by Gasteiger charge is -1.93. The Labute approximate surface area is 78.2 Å². The van der Waals surface area contributed by atoms with E-state index >= 15 is 0 Å².